The number of aromatic nitrogens is 4. The Morgan fingerprint density at radius 1 is 1.06 bits per heavy atom. The summed E-state index contributed by atoms with van der Waals surface area (Å²) in [7, 11) is 0. The number of alkyl halides is 3. The number of imidazole rings is 1. The molecule has 2 aromatic carbocycles. The second-order valence-corrected chi connectivity index (χ2v) is 8.40. The number of hydrogen-bond donors (Lipinski definition) is 1. The van der Waals surface area contributed by atoms with Gasteiger partial charge in [-0.2, -0.15) is 18.2 Å². The zero-order valence-electron chi connectivity index (χ0n) is 19.1. The summed E-state index contributed by atoms with van der Waals surface area (Å²) in [6, 6.07) is 10.9. The molecular weight excluding hydrogens is 501 g/mol. The van der Waals surface area contributed by atoms with Crippen molar-refractivity contribution in [3.8, 4) is 11.8 Å². The van der Waals surface area contributed by atoms with Crippen molar-refractivity contribution in [2.24, 2.45) is 0 Å². The molecule has 4 aromatic rings. The summed E-state index contributed by atoms with van der Waals surface area (Å²) in [5.74, 6) is -0.136. The highest BCUT2D eigenvalue weighted by atomic mass is 35.5. The van der Waals surface area contributed by atoms with E-state index in [1.807, 2.05) is 0 Å². The standard InChI is InChI=1S/C24H22ClF3N4O4/c1-2-30-20-19(21(34)31(23(30)35)11-4-12-33)32(14-15-7-9-17(25)10-8-15)22(29-20)36-18-6-3-5-16(13-18)24(26,27)28/h3,5-10,13,33H,2,4,11-12,14H2,1H3. The van der Waals surface area contributed by atoms with Crippen molar-refractivity contribution in [1.82, 2.24) is 18.7 Å². The van der Waals surface area contributed by atoms with Gasteiger partial charge in [-0.25, -0.2) is 4.79 Å². The van der Waals surface area contributed by atoms with Gasteiger partial charge in [-0.15, -0.1) is 0 Å². The smallest absolute Gasteiger partial charge is 0.416 e. The Balaban J connectivity index is 1.94. The number of fused-ring (bicyclic) bond motifs is 1. The maximum absolute atomic E-state index is 13.4. The van der Waals surface area contributed by atoms with Gasteiger partial charge in [0.2, 0.25) is 0 Å². The van der Waals surface area contributed by atoms with E-state index in [2.05, 4.69) is 4.98 Å². The van der Waals surface area contributed by atoms with Crippen molar-refractivity contribution in [2.75, 3.05) is 6.61 Å². The number of hydrogen-bond acceptors (Lipinski definition) is 5. The summed E-state index contributed by atoms with van der Waals surface area (Å²) >= 11 is 5.98. The highest BCUT2D eigenvalue weighted by molar-refractivity contribution is 6.30. The zero-order chi connectivity index (χ0) is 26.0. The average Bonchev–Trinajstić information content (AvgIpc) is 3.18. The maximum Gasteiger partial charge on any atom is 0.416 e. The molecule has 0 aliphatic rings. The first-order valence-corrected chi connectivity index (χ1v) is 11.5. The first-order chi connectivity index (χ1) is 17.1. The largest absolute Gasteiger partial charge is 0.425 e. The van der Waals surface area contributed by atoms with Crippen LogP contribution in [0.15, 0.2) is 58.1 Å². The minimum atomic E-state index is -4.58. The number of benzene rings is 2. The van der Waals surface area contributed by atoms with Crippen molar-refractivity contribution in [1.29, 1.82) is 0 Å². The Labute approximate surface area is 207 Å². The molecule has 0 amide bonds. The Morgan fingerprint density at radius 2 is 1.78 bits per heavy atom. The molecule has 0 aliphatic carbocycles. The molecule has 0 spiro atoms. The lowest BCUT2D eigenvalue weighted by atomic mass is 10.2. The van der Waals surface area contributed by atoms with Gasteiger partial charge in [0.25, 0.3) is 5.56 Å². The number of halogens is 4. The molecule has 8 nitrogen and oxygen atoms in total. The van der Waals surface area contributed by atoms with E-state index in [4.69, 9.17) is 16.3 Å². The van der Waals surface area contributed by atoms with Crippen LogP contribution < -0.4 is 16.0 Å². The van der Waals surface area contributed by atoms with Gasteiger partial charge < -0.3 is 9.84 Å². The number of nitrogens with zero attached hydrogens (tertiary/aromatic N) is 4. The summed E-state index contributed by atoms with van der Waals surface area (Å²) in [5.41, 5.74) is -1.35. The molecule has 2 aromatic heterocycles. The SMILES string of the molecule is CCn1c(=O)n(CCCO)c(=O)c2c1nc(Oc1cccc(C(F)(F)F)c1)n2Cc1ccc(Cl)cc1. The molecule has 0 aliphatic heterocycles. The third-order valence-corrected chi connectivity index (χ3v) is 5.81. The number of aliphatic hydroxyl groups excluding tert-OH is 1. The normalized spacial score (nSPS) is 11.8. The van der Waals surface area contributed by atoms with Crippen LogP contribution >= 0.6 is 11.6 Å². The molecule has 0 bridgehead atoms. The van der Waals surface area contributed by atoms with E-state index in [0.717, 1.165) is 16.7 Å². The fourth-order valence-electron chi connectivity index (χ4n) is 3.82. The Hall–Kier alpha value is -3.57. The van der Waals surface area contributed by atoms with E-state index in [0.29, 0.717) is 10.6 Å². The molecular formula is C24H22ClF3N4O4. The van der Waals surface area contributed by atoms with Crippen LogP contribution in [0.3, 0.4) is 0 Å². The number of aryl methyl sites for hydroxylation is 1. The van der Waals surface area contributed by atoms with Crippen LogP contribution in [0.1, 0.15) is 24.5 Å². The van der Waals surface area contributed by atoms with Crippen molar-refractivity contribution in [3.05, 3.63) is 85.5 Å². The number of ether oxygens (including phenoxy) is 1. The van der Waals surface area contributed by atoms with Gasteiger partial charge in [-0.1, -0.05) is 29.8 Å². The quantitative estimate of drug-likeness (QED) is 0.373. The lowest BCUT2D eigenvalue weighted by molar-refractivity contribution is -0.137. The summed E-state index contributed by atoms with van der Waals surface area (Å²) in [4.78, 5) is 30.8. The van der Waals surface area contributed by atoms with E-state index in [1.54, 1.807) is 31.2 Å². The third kappa shape index (κ3) is 5.02. The van der Waals surface area contributed by atoms with Crippen molar-refractivity contribution in [2.45, 2.75) is 39.2 Å². The van der Waals surface area contributed by atoms with E-state index < -0.39 is 23.0 Å². The van der Waals surface area contributed by atoms with Gasteiger partial charge in [-0.3, -0.25) is 18.5 Å². The fraction of sp³-hybridized carbons (Fsp3) is 0.292. The minimum Gasteiger partial charge on any atom is -0.425 e. The van der Waals surface area contributed by atoms with Gasteiger partial charge >= 0.3 is 17.9 Å². The van der Waals surface area contributed by atoms with Crippen LogP contribution in [-0.2, 0) is 25.8 Å². The summed E-state index contributed by atoms with van der Waals surface area (Å²) < 4.78 is 49.2. The molecule has 0 atom stereocenters. The third-order valence-electron chi connectivity index (χ3n) is 5.56. The average molecular weight is 523 g/mol. The molecule has 0 radical (unpaired) electrons. The lowest BCUT2D eigenvalue weighted by Crippen LogP contribution is -2.40. The van der Waals surface area contributed by atoms with Crippen molar-refractivity contribution >= 4 is 22.8 Å². The first kappa shape index (κ1) is 25.5. The summed E-state index contributed by atoms with van der Waals surface area (Å²) in [6.45, 7) is 1.71. The van der Waals surface area contributed by atoms with E-state index >= 15 is 0 Å². The molecule has 4 rings (SSSR count). The van der Waals surface area contributed by atoms with Gasteiger partial charge in [0, 0.05) is 24.7 Å². The van der Waals surface area contributed by atoms with Gasteiger partial charge in [-0.05, 0) is 49.2 Å². The molecule has 0 saturated heterocycles. The highest BCUT2D eigenvalue weighted by Gasteiger charge is 2.31. The topological polar surface area (TPSA) is 91.3 Å². The molecule has 1 N–H and O–H groups in total. The molecule has 0 unspecified atom stereocenters. The first-order valence-electron chi connectivity index (χ1n) is 11.1. The van der Waals surface area contributed by atoms with Crippen LogP contribution in [0, 0.1) is 0 Å². The molecule has 0 fully saturated rings. The van der Waals surface area contributed by atoms with E-state index in [9.17, 15) is 27.9 Å². The predicted octanol–water partition coefficient (Wildman–Crippen LogP) is 4.27. The molecule has 190 valence electrons. The van der Waals surface area contributed by atoms with Crippen LogP contribution in [0.5, 0.6) is 11.8 Å². The zero-order valence-corrected chi connectivity index (χ0v) is 19.9. The monoisotopic (exact) mass is 522 g/mol. The Bertz CT molecular complexity index is 1510. The highest BCUT2D eigenvalue weighted by Crippen LogP contribution is 2.33. The van der Waals surface area contributed by atoms with E-state index in [1.165, 1.54) is 21.3 Å². The van der Waals surface area contributed by atoms with E-state index in [-0.39, 0.29) is 55.6 Å². The predicted molar refractivity (Wildman–Crippen MR) is 128 cm³/mol. The van der Waals surface area contributed by atoms with Crippen LogP contribution in [-0.4, -0.2) is 30.4 Å². The van der Waals surface area contributed by atoms with Crippen LogP contribution in [0.4, 0.5) is 13.2 Å². The fourth-order valence-corrected chi connectivity index (χ4v) is 3.95. The lowest BCUT2D eigenvalue weighted by Gasteiger charge is -2.13. The van der Waals surface area contributed by atoms with Gasteiger partial charge in [0.05, 0.1) is 12.1 Å². The maximum atomic E-state index is 13.4. The van der Waals surface area contributed by atoms with Crippen LogP contribution in [0.25, 0.3) is 11.2 Å². The van der Waals surface area contributed by atoms with Gasteiger partial charge in [0.1, 0.15) is 5.75 Å². The number of aliphatic hydroxyl groups is 1. The second-order valence-electron chi connectivity index (χ2n) is 7.97. The Morgan fingerprint density at radius 3 is 2.42 bits per heavy atom. The van der Waals surface area contributed by atoms with Crippen molar-refractivity contribution < 1.29 is 23.0 Å². The molecule has 12 heteroatoms. The Kier molecular flexibility index (Phi) is 7.23. The molecule has 0 saturated carbocycles. The minimum absolute atomic E-state index is 0.0138. The summed E-state index contributed by atoms with van der Waals surface area (Å²) in [6.07, 6.45) is -4.39. The molecule has 2 heterocycles. The summed E-state index contributed by atoms with van der Waals surface area (Å²) in [5, 5.41) is 9.72. The molecule has 36 heavy (non-hydrogen) atoms. The second kappa shape index (κ2) is 10.2. The van der Waals surface area contributed by atoms with Crippen molar-refractivity contribution in [3.63, 3.8) is 0 Å². The van der Waals surface area contributed by atoms with Gasteiger partial charge in [0.15, 0.2) is 11.2 Å². The van der Waals surface area contributed by atoms with Crippen LogP contribution in [0.2, 0.25) is 5.02 Å². The number of rotatable bonds is 8.